The summed E-state index contributed by atoms with van der Waals surface area (Å²) in [7, 11) is 0. The SMILES string of the molecule is CCOC(=O)C(=O)NCc1nnc(-c2cccnc2)o1. The normalized spacial score (nSPS) is 10.1. The van der Waals surface area contributed by atoms with Crippen molar-refractivity contribution < 1.29 is 18.7 Å². The molecule has 0 saturated heterocycles. The molecule has 0 unspecified atom stereocenters. The number of nitrogens with zero attached hydrogens (tertiary/aromatic N) is 3. The quantitative estimate of drug-likeness (QED) is 0.632. The molecule has 0 aromatic carbocycles. The maximum atomic E-state index is 11.3. The van der Waals surface area contributed by atoms with Gasteiger partial charge in [0, 0.05) is 12.4 Å². The second-order valence-electron chi connectivity index (χ2n) is 3.65. The van der Waals surface area contributed by atoms with E-state index in [-0.39, 0.29) is 19.0 Å². The highest BCUT2D eigenvalue weighted by Crippen LogP contribution is 2.15. The maximum Gasteiger partial charge on any atom is 0.396 e. The van der Waals surface area contributed by atoms with Crippen molar-refractivity contribution in [3.8, 4) is 11.5 Å². The lowest BCUT2D eigenvalue weighted by Gasteiger charge is -2.01. The summed E-state index contributed by atoms with van der Waals surface area (Å²) in [6, 6.07) is 3.50. The summed E-state index contributed by atoms with van der Waals surface area (Å²) >= 11 is 0. The molecule has 2 aromatic heterocycles. The minimum Gasteiger partial charge on any atom is -0.459 e. The van der Waals surface area contributed by atoms with Gasteiger partial charge in [0.2, 0.25) is 11.8 Å². The van der Waals surface area contributed by atoms with E-state index in [1.54, 1.807) is 31.5 Å². The van der Waals surface area contributed by atoms with Gasteiger partial charge in [-0.25, -0.2) is 4.79 Å². The van der Waals surface area contributed by atoms with Gasteiger partial charge in [0.15, 0.2) is 0 Å². The third-order valence-electron chi connectivity index (χ3n) is 2.24. The van der Waals surface area contributed by atoms with E-state index < -0.39 is 11.9 Å². The number of rotatable bonds is 4. The van der Waals surface area contributed by atoms with Crippen LogP contribution >= 0.6 is 0 Å². The largest absolute Gasteiger partial charge is 0.459 e. The van der Waals surface area contributed by atoms with Crippen LogP contribution < -0.4 is 5.32 Å². The van der Waals surface area contributed by atoms with Crippen molar-refractivity contribution in [2.75, 3.05) is 6.61 Å². The fourth-order valence-electron chi connectivity index (χ4n) is 1.36. The number of nitrogens with one attached hydrogen (secondary N) is 1. The molecule has 0 radical (unpaired) electrons. The number of hydrogen-bond donors (Lipinski definition) is 1. The lowest BCUT2D eigenvalue weighted by atomic mass is 10.3. The third kappa shape index (κ3) is 3.37. The minimum atomic E-state index is -0.945. The number of carbonyl (C=O) groups excluding carboxylic acids is 2. The van der Waals surface area contributed by atoms with Gasteiger partial charge in [-0.15, -0.1) is 10.2 Å². The molecule has 1 N–H and O–H groups in total. The molecule has 2 heterocycles. The molecule has 0 fully saturated rings. The van der Waals surface area contributed by atoms with E-state index in [1.807, 2.05) is 0 Å². The molecule has 0 aliphatic carbocycles. The van der Waals surface area contributed by atoms with Gasteiger partial charge in [0.1, 0.15) is 0 Å². The van der Waals surface area contributed by atoms with E-state index in [1.165, 1.54) is 0 Å². The molecule has 2 aromatic rings. The number of esters is 1. The Labute approximate surface area is 114 Å². The highest BCUT2D eigenvalue weighted by Gasteiger charge is 2.16. The van der Waals surface area contributed by atoms with Crippen LogP contribution in [0.3, 0.4) is 0 Å². The average molecular weight is 276 g/mol. The molecule has 104 valence electrons. The molecule has 2 rings (SSSR count). The predicted octanol–water partition coefficient (Wildman–Crippen LogP) is 0.311. The van der Waals surface area contributed by atoms with Crippen LogP contribution in [-0.2, 0) is 20.9 Å². The Balaban J connectivity index is 1.94. The van der Waals surface area contributed by atoms with Gasteiger partial charge in [-0.3, -0.25) is 9.78 Å². The highest BCUT2D eigenvalue weighted by molar-refractivity contribution is 6.32. The van der Waals surface area contributed by atoms with Gasteiger partial charge in [-0.05, 0) is 19.1 Å². The minimum absolute atomic E-state index is 0.0507. The van der Waals surface area contributed by atoms with E-state index in [0.717, 1.165) is 0 Å². The molecular weight excluding hydrogens is 264 g/mol. The molecule has 0 aliphatic heterocycles. The molecule has 0 atom stereocenters. The number of carbonyl (C=O) groups is 2. The molecule has 8 heteroatoms. The molecule has 1 amide bonds. The van der Waals surface area contributed by atoms with E-state index in [9.17, 15) is 9.59 Å². The Hall–Kier alpha value is -2.77. The van der Waals surface area contributed by atoms with Gasteiger partial charge in [-0.1, -0.05) is 0 Å². The van der Waals surface area contributed by atoms with Crippen LogP contribution in [0.15, 0.2) is 28.9 Å². The van der Waals surface area contributed by atoms with Crippen LogP contribution in [0.4, 0.5) is 0 Å². The zero-order valence-corrected chi connectivity index (χ0v) is 10.7. The summed E-state index contributed by atoms with van der Waals surface area (Å²) in [5.41, 5.74) is 0.669. The predicted molar refractivity (Wildman–Crippen MR) is 66.0 cm³/mol. The van der Waals surface area contributed by atoms with Crippen LogP contribution in [0.1, 0.15) is 12.8 Å². The lowest BCUT2D eigenvalue weighted by molar-refractivity contribution is -0.154. The van der Waals surface area contributed by atoms with E-state index in [0.29, 0.717) is 11.5 Å². The average Bonchev–Trinajstić information content (AvgIpc) is 2.95. The van der Waals surface area contributed by atoms with Crippen molar-refractivity contribution in [3.05, 3.63) is 30.4 Å². The van der Waals surface area contributed by atoms with Gasteiger partial charge < -0.3 is 14.5 Å². The Morgan fingerprint density at radius 2 is 2.25 bits per heavy atom. The first-order valence-electron chi connectivity index (χ1n) is 5.88. The summed E-state index contributed by atoms with van der Waals surface area (Å²) in [6.45, 7) is 1.70. The van der Waals surface area contributed by atoms with E-state index in [2.05, 4.69) is 25.2 Å². The number of aromatic nitrogens is 3. The van der Waals surface area contributed by atoms with Crippen LogP contribution in [0, 0.1) is 0 Å². The smallest absolute Gasteiger partial charge is 0.396 e. The second kappa shape index (κ2) is 6.41. The van der Waals surface area contributed by atoms with E-state index >= 15 is 0 Å². The molecule has 8 nitrogen and oxygen atoms in total. The first-order valence-corrected chi connectivity index (χ1v) is 5.88. The molecule has 20 heavy (non-hydrogen) atoms. The summed E-state index contributed by atoms with van der Waals surface area (Å²) in [5, 5.41) is 9.90. The van der Waals surface area contributed by atoms with Crippen LogP contribution in [0.2, 0.25) is 0 Å². The Morgan fingerprint density at radius 3 is 2.95 bits per heavy atom. The molecular formula is C12H12N4O4. The first kappa shape index (κ1) is 13.7. The fourth-order valence-corrected chi connectivity index (χ4v) is 1.36. The summed E-state index contributed by atoms with van der Waals surface area (Å²) in [4.78, 5) is 26.3. The number of amides is 1. The van der Waals surface area contributed by atoms with Crippen molar-refractivity contribution in [2.45, 2.75) is 13.5 Å². The monoisotopic (exact) mass is 276 g/mol. The van der Waals surface area contributed by atoms with Crippen molar-refractivity contribution >= 4 is 11.9 Å². The van der Waals surface area contributed by atoms with Crippen molar-refractivity contribution in [3.63, 3.8) is 0 Å². The van der Waals surface area contributed by atoms with Crippen LogP contribution in [-0.4, -0.2) is 33.7 Å². The third-order valence-corrected chi connectivity index (χ3v) is 2.24. The van der Waals surface area contributed by atoms with Crippen molar-refractivity contribution in [2.24, 2.45) is 0 Å². The van der Waals surface area contributed by atoms with Gasteiger partial charge >= 0.3 is 11.9 Å². The van der Waals surface area contributed by atoms with Gasteiger partial charge in [0.05, 0.1) is 18.7 Å². The number of hydrogen-bond acceptors (Lipinski definition) is 7. The van der Waals surface area contributed by atoms with Crippen molar-refractivity contribution in [1.82, 2.24) is 20.5 Å². The zero-order valence-electron chi connectivity index (χ0n) is 10.7. The topological polar surface area (TPSA) is 107 Å². The molecule has 0 spiro atoms. The van der Waals surface area contributed by atoms with Crippen LogP contribution in [0.25, 0.3) is 11.5 Å². The number of pyridine rings is 1. The summed E-state index contributed by atoms with van der Waals surface area (Å²) in [6.07, 6.45) is 3.20. The Bertz CT molecular complexity index is 597. The van der Waals surface area contributed by atoms with Crippen LogP contribution in [0.5, 0.6) is 0 Å². The zero-order chi connectivity index (χ0) is 14.4. The molecule has 0 aliphatic rings. The fraction of sp³-hybridized carbons (Fsp3) is 0.250. The summed E-state index contributed by atoms with van der Waals surface area (Å²) < 4.78 is 9.87. The Kier molecular flexibility index (Phi) is 4.38. The molecule has 0 saturated carbocycles. The van der Waals surface area contributed by atoms with Gasteiger partial charge in [-0.2, -0.15) is 0 Å². The van der Waals surface area contributed by atoms with Crippen molar-refractivity contribution in [1.29, 1.82) is 0 Å². The second-order valence-corrected chi connectivity index (χ2v) is 3.65. The first-order chi connectivity index (χ1) is 9.70. The highest BCUT2D eigenvalue weighted by atomic mass is 16.5. The summed E-state index contributed by atoms with van der Waals surface area (Å²) in [5.74, 6) is -1.33. The van der Waals surface area contributed by atoms with Gasteiger partial charge in [0.25, 0.3) is 0 Å². The molecule has 0 bridgehead atoms. The van der Waals surface area contributed by atoms with E-state index in [4.69, 9.17) is 4.42 Å². The Morgan fingerprint density at radius 1 is 1.40 bits per heavy atom. The standard InChI is InChI=1S/C12H12N4O4/c1-2-19-12(18)10(17)14-7-9-15-16-11(20-9)8-4-3-5-13-6-8/h3-6H,2,7H2,1H3,(H,14,17). The lowest BCUT2D eigenvalue weighted by Crippen LogP contribution is -2.32. The maximum absolute atomic E-state index is 11.3. The number of ether oxygens (including phenoxy) is 1.